The van der Waals surface area contributed by atoms with Crippen molar-refractivity contribution in [3.8, 4) is 22.4 Å². The normalized spacial score (nSPS) is 10.9. The van der Waals surface area contributed by atoms with Crippen LogP contribution in [0.1, 0.15) is 0 Å². The molecule has 3 N–H and O–H groups in total. The summed E-state index contributed by atoms with van der Waals surface area (Å²) in [5.74, 6) is 0.411. The van der Waals surface area contributed by atoms with Crippen molar-refractivity contribution in [1.29, 1.82) is 0 Å². The third kappa shape index (κ3) is 1.89. The van der Waals surface area contributed by atoms with Crippen molar-refractivity contribution in [2.75, 3.05) is 5.73 Å². The number of nitrogen functional groups attached to an aromatic ring is 1. The predicted octanol–water partition coefficient (Wildman–Crippen LogP) is 2.66. The van der Waals surface area contributed by atoms with Gasteiger partial charge in [-0.05, 0) is 17.7 Å². The molecule has 0 unspecified atom stereocenters. The van der Waals surface area contributed by atoms with Crippen LogP contribution in [0.4, 0.5) is 5.82 Å². The van der Waals surface area contributed by atoms with Crippen LogP contribution in [0, 0.1) is 0 Å². The largest absolute Gasteiger partial charge is 0.382 e. The molecule has 0 atom stereocenters. The van der Waals surface area contributed by atoms with Gasteiger partial charge < -0.3 is 5.73 Å². The highest BCUT2D eigenvalue weighted by Gasteiger charge is 2.18. The Morgan fingerprint density at radius 1 is 0.909 bits per heavy atom. The molecule has 6 heteroatoms. The van der Waals surface area contributed by atoms with E-state index < -0.39 is 0 Å². The summed E-state index contributed by atoms with van der Waals surface area (Å²) < 4.78 is 0. The third-order valence-electron chi connectivity index (χ3n) is 3.51. The second-order valence-electron chi connectivity index (χ2n) is 4.86. The van der Waals surface area contributed by atoms with Gasteiger partial charge >= 0.3 is 0 Å². The number of anilines is 1. The summed E-state index contributed by atoms with van der Waals surface area (Å²) in [5, 5.41) is 16.2. The van der Waals surface area contributed by atoms with E-state index in [1.54, 1.807) is 12.4 Å². The van der Waals surface area contributed by atoms with Crippen molar-refractivity contribution >= 4 is 16.9 Å². The molecule has 22 heavy (non-hydrogen) atoms. The molecule has 0 saturated heterocycles. The molecule has 4 rings (SSSR count). The first-order valence-corrected chi connectivity index (χ1v) is 6.80. The number of nitrogens with two attached hydrogens (primary N) is 1. The van der Waals surface area contributed by atoms with Crippen LogP contribution < -0.4 is 5.73 Å². The molecule has 3 heterocycles. The Kier molecular flexibility index (Phi) is 2.79. The number of nitrogens with one attached hydrogen (secondary N) is 1. The fraction of sp³-hybridized carbons (Fsp3) is 0. The maximum Gasteiger partial charge on any atom is 0.180 e. The Bertz CT molecular complexity index is 931. The van der Waals surface area contributed by atoms with E-state index in [4.69, 9.17) is 5.73 Å². The summed E-state index contributed by atoms with van der Waals surface area (Å²) in [6.45, 7) is 0. The number of pyridine rings is 1. The molecule has 0 aliphatic carbocycles. The third-order valence-corrected chi connectivity index (χ3v) is 3.51. The van der Waals surface area contributed by atoms with Gasteiger partial charge in [0.1, 0.15) is 5.69 Å². The molecule has 0 spiro atoms. The van der Waals surface area contributed by atoms with Crippen molar-refractivity contribution < 1.29 is 0 Å². The number of hydrogen-bond donors (Lipinski definition) is 2. The number of nitrogens with zero attached hydrogens (tertiary/aromatic N) is 4. The van der Waals surface area contributed by atoms with E-state index in [0.29, 0.717) is 11.5 Å². The number of aromatic amines is 1. The van der Waals surface area contributed by atoms with Gasteiger partial charge in [-0.15, -0.1) is 10.2 Å². The minimum Gasteiger partial charge on any atom is -0.382 e. The predicted molar refractivity (Wildman–Crippen MR) is 84.8 cm³/mol. The minimum atomic E-state index is 0.411. The van der Waals surface area contributed by atoms with Crippen LogP contribution in [-0.2, 0) is 0 Å². The van der Waals surface area contributed by atoms with E-state index in [0.717, 1.165) is 27.8 Å². The molecule has 0 fully saturated rings. The van der Waals surface area contributed by atoms with Gasteiger partial charge in [-0.1, -0.05) is 30.3 Å². The molecule has 0 saturated carbocycles. The van der Waals surface area contributed by atoms with Crippen LogP contribution in [-0.4, -0.2) is 25.4 Å². The van der Waals surface area contributed by atoms with Crippen molar-refractivity contribution in [2.24, 2.45) is 0 Å². The van der Waals surface area contributed by atoms with E-state index in [-0.39, 0.29) is 0 Å². The lowest BCUT2D eigenvalue weighted by atomic mass is 9.98. The first kappa shape index (κ1) is 12.5. The highest BCUT2D eigenvalue weighted by atomic mass is 15.2. The lowest BCUT2D eigenvalue weighted by molar-refractivity contribution is 1.03. The van der Waals surface area contributed by atoms with Gasteiger partial charge in [-0.2, -0.15) is 5.10 Å². The van der Waals surface area contributed by atoms with E-state index in [1.165, 1.54) is 0 Å². The highest BCUT2D eigenvalue weighted by Crippen LogP contribution is 2.36. The van der Waals surface area contributed by atoms with Crippen LogP contribution in [0.3, 0.4) is 0 Å². The van der Waals surface area contributed by atoms with E-state index >= 15 is 0 Å². The zero-order valence-electron chi connectivity index (χ0n) is 11.6. The summed E-state index contributed by atoms with van der Waals surface area (Å²) in [5.41, 5.74) is 10.1. The Morgan fingerprint density at radius 3 is 2.50 bits per heavy atom. The van der Waals surface area contributed by atoms with Gasteiger partial charge in [0, 0.05) is 23.5 Å². The van der Waals surface area contributed by atoms with Crippen LogP contribution in [0.25, 0.3) is 33.4 Å². The zero-order valence-corrected chi connectivity index (χ0v) is 11.6. The fourth-order valence-electron chi connectivity index (χ4n) is 2.52. The summed E-state index contributed by atoms with van der Waals surface area (Å²) in [6, 6.07) is 13.8. The Morgan fingerprint density at radius 2 is 1.73 bits per heavy atom. The van der Waals surface area contributed by atoms with Crippen molar-refractivity contribution in [3.63, 3.8) is 0 Å². The maximum atomic E-state index is 6.04. The molecule has 0 bridgehead atoms. The second kappa shape index (κ2) is 4.92. The van der Waals surface area contributed by atoms with Crippen molar-refractivity contribution in [3.05, 3.63) is 54.9 Å². The smallest absolute Gasteiger partial charge is 0.180 e. The zero-order chi connectivity index (χ0) is 14.9. The first-order valence-electron chi connectivity index (χ1n) is 6.80. The van der Waals surface area contributed by atoms with Gasteiger partial charge in [-0.25, -0.2) is 0 Å². The number of H-pyrrole nitrogens is 1. The molecule has 0 amide bonds. The van der Waals surface area contributed by atoms with Gasteiger partial charge in [0.2, 0.25) is 0 Å². The number of benzene rings is 1. The first-order chi connectivity index (χ1) is 10.8. The Labute approximate surface area is 126 Å². The van der Waals surface area contributed by atoms with Gasteiger partial charge in [0.25, 0.3) is 0 Å². The number of fused-ring (bicyclic) bond motifs is 1. The van der Waals surface area contributed by atoms with Gasteiger partial charge in [0.05, 0.1) is 5.39 Å². The standard InChI is InChI=1S/C16H12N6/c17-15-13-12(10-5-2-1-3-6-10)14(11-7-4-8-18-9-11)19-21-16(13)22-20-15/h1-9H,(H3,17,20,21,22). The molecular weight excluding hydrogens is 276 g/mol. The molecule has 106 valence electrons. The summed E-state index contributed by atoms with van der Waals surface area (Å²) in [4.78, 5) is 4.16. The molecule has 0 aliphatic heterocycles. The lowest BCUT2D eigenvalue weighted by Crippen LogP contribution is -1.96. The van der Waals surface area contributed by atoms with E-state index in [9.17, 15) is 0 Å². The maximum absolute atomic E-state index is 6.04. The van der Waals surface area contributed by atoms with Crippen LogP contribution in [0.15, 0.2) is 54.9 Å². The van der Waals surface area contributed by atoms with Gasteiger partial charge in [0.15, 0.2) is 11.5 Å². The summed E-state index contributed by atoms with van der Waals surface area (Å²) in [7, 11) is 0. The fourth-order valence-corrected chi connectivity index (χ4v) is 2.52. The van der Waals surface area contributed by atoms with Gasteiger partial charge in [-0.3, -0.25) is 10.1 Å². The summed E-state index contributed by atoms with van der Waals surface area (Å²) in [6.07, 6.45) is 3.49. The molecule has 0 radical (unpaired) electrons. The quantitative estimate of drug-likeness (QED) is 0.591. The van der Waals surface area contributed by atoms with Crippen molar-refractivity contribution in [1.82, 2.24) is 25.4 Å². The molecule has 0 aliphatic rings. The molecule has 6 nitrogen and oxygen atoms in total. The highest BCUT2D eigenvalue weighted by molar-refractivity contribution is 6.04. The van der Waals surface area contributed by atoms with E-state index in [1.807, 2.05) is 42.5 Å². The topological polar surface area (TPSA) is 93.4 Å². The van der Waals surface area contributed by atoms with Crippen molar-refractivity contribution in [2.45, 2.75) is 0 Å². The molecule has 4 aromatic rings. The number of hydrogen-bond acceptors (Lipinski definition) is 5. The summed E-state index contributed by atoms with van der Waals surface area (Å²) >= 11 is 0. The number of aromatic nitrogens is 5. The average molecular weight is 288 g/mol. The molecular formula is C16H12N6. The average Bonchev–Trinajstić information content (AvgIpc) is 2.97. The van der Waals surface area contributed by atoms with E-state index in [2.05, 4.69) is 25.4 Å². The lowest BCUT2D eigenvalue weighted by Gasteiger charge is -2.09. The number of rotatable bonds is 2. The monoisotopic (exact) mass is 288 g/mol. The Hall–Kier alpha value is -3.28. The van der Waals surface area contributed by atoms with Crippen LogP contribution in [0.5, 0.6) is 0 Å². The molecule has 3 aromatic heterocycles. The molecule has 1 aromatic carbocycles. The SMILES string of the molecule is Nc1n[nH]c2nnc(-c3cccnc3)c(-c3ccccc3)c12. The Balaban J connectivity index is 2.11. The second-order valence-corrected chi connectivity index (χ2v) is 4.86. The van der Waals surface area contributed by atoms with Crippen LogP contribution in [0.2, 0.25) is 0 Å². The minimum absolute atomic E-state index is 0.411. The van der Waals surface area contributed by atoms with Crippen LogP contribution >= 0.6 is 0 Å².